The van der Waals surface area contributed by atoms with Crippen molar-refractivity contribution in [3.63, 3.8) is 0 Å². The molecule has 4 aromatic rings. The van der Waals surface area contributed by atoms with E-state index in [0.29, 0.717) is 39.8 Å². The zero-order valence-electron chi connectivity index (χ0n) is 24.9. The number of amides is 2. The van der Waals surface area contributed by atoms with Crippen LogP contribution in [0.4, 0.5) is 4.79 Å². The number of thiophene rings is 1. The first-order valence-corrected chi connectivity index (χ1v) is 16.7. The number of hydrogen-bond acceptors (Lipinski definition) is 8. The zero-order valence-corrected chi connectivity index (χ0v) is 27.3. The fraction of sp³-hybridized carbons (Fsp3) is 0.367. The lowest BCUT2D eigenvalue weighted by Gasteiger charge is -2.24. The van der Waals surface area contributed by atoms with Crippen LogP contribution in [-0.2, 0) is 27.5 Å². The lowest BCUT2D eigenvalue weighted by Crippen LogP contribution is -2.33. The summed E-state index contributed by atoms with van der Waals surface area (Å²) >= 11 is 7.72. The maximum absolute atomic E-state index is 12.5. The molecule has 0 saturated carbocycles. The SMILES string of the molecule is C[C@@H](Oc1cc(-c2cnc3ccc(CN(C)C(=O)OC(C)(C)C)cn23)sc1C(N)=O)c1ccc(CCS(C)(=O)=O)cc1Cl. The van der Waals surface area contributed by atoms with Gasteiger partial charge in [0, 0.05) is 36.2 Å². The standard InChI is InChI=1S/C30H35ClN4O6S2/c1-18(21-9-7-19(13-22(21)31)11-12-43(6,38)39)40-24-14-25(42-27(24)28(32)36)23-15-33-26-10-8-20(17-35(23)26)16-34(5)29(37)41-30(2,3)4/h7-10,13-15,17-18H,11-12,16H2,1-6H3,(H2,32,36)/t18-/m1/s1. The van der Waals surface area contributed by atoms with Gasteiger partial charge in [-0.25, -0.2) is 18.2 Å². The summed E-state index contributed by atoms with van der Waals surface area (Å²) in [6.07, 6.45) is 4.17. The van der Waals surface area contributed by atoms with Crippen molar-refractivity contribution in [1.82, 2.24) is 14.3 Å². The first-order chi connectivity index (χ1) is 20.0. The van der Waals surface area contributed by atoms with Crippen molar-refractivity contribution in [3.05, 3.63) is 75.4 Å². The molecule has 0 saturated heterocycles. The van der Waals surface area contributed by atoms with E-state index in [4.69, 9.17) is 26.8 Å². The fourth-order valence-electron chi connectivity index (χ4n) is 4.35. The van der Waals surface area contributed by atoms with Crippen molar-refractivity contribution in [2.24, 2.45) is 5.73 Å². The van der Waals surface area contributed by atoms with Crippen LogP contribution in [0.2, 0.25) is 5.02 Å². The number of pyridine rings is 1. The Kier molecular flexibility index (Phi) is 9.43. The number of imidazole rings is 1. The Morgan fingerprint density at radius 3 is 2.49 bits per heavy atom. The molecule has 3 aromatic heterocycles. The second kappa shape index (κ2) is 12.6. The van der Waals surface area contributed by atoms with E-state index in [1.54, 1.807) is 38.4 Å². The van der Waals surface area contributed by atoms with Crippen molar-refractivity contribution in [1.29, 1.82) is 0 Å². The van der Waals surface area contributed by atoms with Gasteiger partial charge in [0.2, 0.25) is 0 Å². The molecular weight excluding hydrogens is 612 g/mol. The number of hydrogen-bond donors (Lipinski definition) is 1. The van der Waals surface area contributed by atoms with Gasteiger partial charge in [0.05, 0.1) is 29.1 Å². The molecule has 230 valence electrons. The molecule has 0 bridgehead atoms. The van der Waals surface area contributed by atoms with Gasteiger partial charge in [-0.15, -0.1) is 11.3 Å². The topological polar surface area (TPSA) is 133 Å². The number of aryl methyl sites for hydroxylation is 1. The van der Waals surface area contributed by atoms with E-state index in [2.05, 4.69) is 4.98 Å². The quantitative estimate of drug-likeness (QED) is 0.226. The maximum atomic E-state index is 12.5. The molecule has 2 amide bonds. The van der Waals surface area contributed by atoms with Gasteiger partial charge >= 0.3 is 6.09 Å². The molecule has 13 heteroatoms. The summed E-state index contributed by atoms with van der Waals surface area (Å²) in [5.74, 6) is -0.290. The van der Waals surface area contributed by atoms with Crippen LogP contribution in [0.15, 0.2) is 48.8 Å². The molecule has 43 heavy (non-hydrogen) atoms. The van der Waals surface area contributed by atoms with Gasteiger partial charge in [-0.2, -0.15) is 0 Å². The fourth-order valence-corrected chi connectivity index (χ4v) is 6.26. The molecule has 4 rings (SSSR count). The first kappa shape index (κ1) is 32.3. The van der Waals surface area contributed by atoms with E-state index in [1.165, 1.54) is 22.5 Å². The van der Waals surface area contributed by atoms with Crippen LogP contribution < -0.4 is 10.5 Å². The molecule has 0 aliphatic rings. The highest BCUT2D eigenvalue weighted by atomic mass is 35.5. The van der Waals surface area contributed by atoms with Crippen molar-refractivity contribution < 1.29 is 27.5 Å². The molecule has 3 heterocycles. The first-order valence-electron chi connectivity index (χ1n) is 13.5. The van der Waals surface area contributed by atoms with Crippen molar-refractivity contribution in [2.75, 3.05) is 19.1 Å². The second-order valence-corrected chi connectivity index (χ2v) is 15.1. The second-order valence-electron chi connectivity index (χ2n) is 11.4. The van der Waals surface area contributed by atoms with E-state index in [9.17, 15) is 18.0 Å². The van der Waals surface area contributed by atoms with E-state index in [0.717, 1.165) is 16.8 Å². The molecule has 2 N–H and O–H groups in total. The van der Waals surface area contributed by atoms with E-state index < -0.39 is 33.5 Å². The Morgan fingerprint density at radius 2 is 1.86 bits per heavy atom. The van der Waals surface area contributed by atoms with Crippen molar-refractivity contribution >= 4 is 50.4 Å². The largest absolute Gasteiger partial charge is 0.484 e. The minimum absolute atomic E-state index is 0.0274. The summed E-state index contributed by atoms with van der Waals surface area (Å²) in [5.41, 5.74) is 8.86. The van der Waals surface area contributed by atoms with Gasteiger partial charge in [-0.05, 0) is 57.4 Å². The lowest BCUT2D eigenvalue weighted by atomic mass is 10.1. The molecule has 10 nitrogen and oxygen atoms in total. The molecule has 0 aliphatic carbocycles. The Labute approximate surface area is 260 Å². The summed E-state index contributed by atoms with van der Waals surface area (Å²) in [5, 5.41) is 0.431. The predicted molar refractivity (Wildman–Crippen MR) is 169 cm³/mol. The highest BCUT2D eigenvalue weighted by Gasteiger charge is 2.23. The molecule has 1 atom stereocenters. The molecule has 0 fully saturated rings. The predicted octanol–water partition coefficient (Wildman–Crippen LogP) is 5.91. The minimum Gasteiger partial charge on any atom is -0.484 e. The number of carbonyl (C=O) groups is 2. The Morgan fingerprint density at radius 1 is 1.16 bits per heavy atom. The number of fused-ring (bicyclic) bond motifs is 1. The van der Waals surface area contributed by atoms with Crippen LogP contribution in [0.3, 0.4) is 0 Å². The monoisotopic (exact) mass is 646 g/mol. The lowest BCUT2D eigenvalue weighted by molar-refractivity contribution is 0.0285. The number of nitrogens with two attached hydrogens (primary N) is 1. The zero-order chi connectivity index (χ0) is 31.7. The summed E-state index contributed by atoms with van der Waals surface area (Å²) in [7, 11) is -1.43. The van der Waals surface area contributed by atoms with Crippen LogP contribution in [0, 0.1) is 0 Å². The third-order valence-electron chi connectivity index (χ3n) is 6.43. The Hall–Kier alpha value is -3.61. The van der Waals surface area contributed by atoms with Gasteiger partial charge in [-0.3, -0.25) is 9.20 Å². The van der Waals surface area contributed by atoms with Gasteiger partial charge in [0.15, 0.2) is 0 Å². The van der Waals surface area contributed by atoms with Crippen LogP contribution in [-0.4, -0.2) is 59.4 Å². The number of aromatic nitrogens is 2. The number of carbonyl (C=O) groups excluding carboxylic acids is 2. The molecule has 0 unspecified atom stereocenters. The number of ether oxygens (including phenoxy) is 2. The summed E-state index contributed by atoms with van der Waals surface area (Å²) in [4.78, 5) is 31.8. The van der Waals surface area contributed by atoms with Crippen LogP contribution in [0.25, 0.3) is 16.2 Å². The Balaban J connectivity index is 1.58. The van der Waals surface area contributed by atoms with Gasteiger partial charge < -0.3 is 20.1 Å². The number of sulfone groups is 1. The average molecular weight is 647 g/mol. The van der Waals surface area contributed by atoms with Crippen LogP contribution in [0.5, 0.6) is 5.75 Å². The Bertz CT molecular complexity index is 1770. The smallest absolute Gasteiger partial charge is 0.410 e. The summed E-state index contributed by atoms with van der Waals surface area (Å²) in [6.45, 7) is 7.58. The number of halogens is 1. The highest BCUT2D eigenvalue weighted by molar-refractivity contribution is 7.90. The molecular formula is C30H35ClN4O6S2. The third-order valence-corrected chi connectivity index (χ3v) is 8.86. The number of nitrogens with zero attached hydrogens (tertiary/aromatic N) is 3. The summed E-state index contributed by atoms with van der Waals surface area (Å²) < 4.78 is 36.6. The average Bonchev–Trinajstić information content (AvgIpc) is 3.50. The minimum atomic E-state index is -3.10. The highest BCUT2D eigenvalue weighted by Crippen LogP contribution is 2.39. The maximum Gasteiger partial charge on any atom is 0.410 e. The van der Waals surface area contributed by atoms with Gasteiger partial charge in [-0.1, -0.05) is 29.8 Å². The molecule has 0 spiro atoms. The van der Waals surface area contributed by atoms with Gasteiger partial charge in [0.1, 0.15) is 37.8 Å². The molecule has 0 aliphatic heterocycles. The van der Waals surface area contributed by atoms with Crippen molar-refractivity contribution in [2.45, 2.75) is 52.4 Å². The van der Waals surface area contributed by atoms with Crippen molar-refractivity contribution in [3.8, 4) is 16.3 Å². The van der Waals surface area contributed by atoms with E-state index in [1.807, 2.05) is 49.6 Å². The third kappa shape index (κ3) is 8.27. The van der Waals surface area contributed by atoms with Crippen LogP contribution >= 0.6 is 22.9 Å². The van der Waals surface area contributed by atoms with Gasteiger partial charge in [0.25, 0.3) is 5.91 Å². The number of primary amides is 1. The molecule has 0 radical (unpaired) electrons. The normalized spacial score (nSPS) is 12.7. The molecule has 1 aromatic carbocycles. The van der Waals surface area contributed by atoms with E-state index >= 15 is 0 Å². The number of rotatable bonds is 10. The summed E-state index contributed by atoms with van der Waals surface area (Å²) in [6, 6.07) is 10.8. The van der Waals surface area contributed by atoms with Crippen LogP contribution in [0.1, 0.15) is 60.2 Å². The number of benzene rings is 1. The van der Waals surface area contributed by atoms with E-state index in [-0.39, 0.29) is 10.6 Å².